The van der Waals surface area contributed by atoms with Crippen LogP contribution in [0.1, 0.15) is 25.5 Å². The number of nitrogens with zero attached hydrogens (tertiary/aromatic N) is 3. The fourth-order valence-corrected chi connectivity index (χ4v) is 1.32. The first-order valence-electron chi connectivity index (χ1n) is 6.19. The molecule has 0 aromatic carbocycles. The predicted octanol–water partition coefficient (Wildman–Crippen LogP) is -0.330. The van der Waals surface area contributed by atoms with Crippen molar-refractivity contribution >= 4 is 5.91 Å². The molecule has 0 bridgehead atoms. The summed E-state index contributed by atoms with van der Waals surface area (Å²) in [6.45, 7) is 4.39. The van der Waals surface area contributed by atoms with Crippen molar-refractivity contribution in [3.63, 3.8) is 0 Å². The number of aromatic nitrogens is 3. The minimum atomic E-state index is -0.109. The van der Waals surface area contributed by atoms with Crippen molar-refractivity contribution in [2.75, 3.05) is 19.8 Å². The van der Waals surface area contributed by atoms with Crippen molar-refractivity contribution < 1.29 is 9.53 Å². The molecular formula is C11H21N5O2. The molecule has 1 rings (SSSR count). The smallest absolute Gasteiger partial charge is 0.241 e. The standard InChI is InChI=1S/C11H21N5O2/c1-2-3-5-18-6-4-13-11(17)9-16-8-10(7-12)14-15-16/h8H,2-7,9,12H2,1H3,(H,13,17). The van der Waals surface area contributed by atoms with Gasteiger partial charge in [-0.25, -0.2) is 4.68 Å². The quantitative estimate of drug-likeness (QED) is 0.589. The van der Waals surface area contributed by atoms with Crippen LogP contribution in [0.3, 0.4) is 0 Å². The van der Waals surface area contributed by atoms with Gasteiger partial charge in [-0.15, -0.1) is 5.10 Å². The van der Waals surface area contributed by atoms with E-state index in [1.165, 1.54) is 4.68 Å². The molecule has 0 fully saturated rings. The van der Waals surface area contributed by atoms with E-state index in [1.54, 1.807) is 6.20 Å². The Balaban J connectivity index is 2.10. The molecule has 7 nitrogen and oxygen atoms in total. The van der Waals surface area contributed by atoms with Gasteiger partial charge in [0, 0.05) is 19.7 Å². The molecule has 7 heteroatoms. The van der Waals surface area contributed by atoms with Crippen LogP contribution >= 0.6 is 0 Å². The summed E-state index contributed by atoms with van der Waals surface area (Å²) in [5.74, 6) is -0.109. The van der Waals surface area contributed by atoms with Crippen LogP contribution in [0.25, 0.3) is 0 Å². The first-order valence-corrected chi connectivity index (χ1v) is 6.19. The number of nitrogens with two attached hydrogens (primary N) is 1. The summed E-state index contributed by atoms with van der Waals surface area (Å²) in [6, 6.07) is 0. The van der Waals surface area contributed by atoms with Crippen LogP contribution in [-0.4, -0.2) is 40.7 Å². The molecule has 0 spiro atoms. The highest BCUT2D eigenvalue weighted by atomic mass is 16.5. The van der Waals surface area contributed by atoms with Gasteiger partial charge < -0.3 is 15.8 Å². The fraction of sp³-hybridized carbons (Fsp3) is 0.727. The second-order valence-electron chi connectivity index (χ2n) is 3.93. The van der Waals surface area contributed by atoms with Crippen LogP contribution < -0.4 is 11.1 Å². The zero-order valence-corrected chi connectivity index (χ0v) is 10.8. The summed E-state index contributed by atoms with van der Waals surface area (Å²) in [5.41, 5.74) is 6.07. The van der Waals surface area contributed by atoms with E-state index in [2.05, 4.69) is 22.6 Å². The van der Waals surface area contributed by atoms with Crippen LogP contribution in [0, 0.1) is 0 Å². The Labute approximate surface area is 107 Å². The molecule has 0 atom stereocenters. The van der Waals surface area contributed by atoms with E-state index in [4.69, 9.17) is 10.5 Å². The largest absolute Gasteiger partial charge is 0.380 e. The number of carbonyl (C=O) groups is 1. The molecule has 0 radical (unpaired) electrons. The van der Waals surface area contributed by atoms with Crippen molar-refractivity contribution in [1.82, 2.24) is 20.3 Å². The summed E-state index contributed by atoms with van der Waals surface area (Å²) in [4.78, 5) is 11.5. The number of nitrogens with one attached hydrogen (secondary N) is 1. The lowest BCUT2D eigenvalue weighted by Crippen LogP contribution is -2.30. The fourth-order valence-electron chi connectivity index (χ4n) is 1.32. The normalized spacial score (nSPS) is 10.6. The summed E-state index contributed by atoms with van der Waals surface area (Å²) in [5, 5.41) is 10.3. The molecule has 0 aliphatic heterocycles. The molecule has 1 heterocycles. The summed E-state index contributed by atoms with van der Waals surface area (Å²) in [6.07, 6.45) is 3.83. The third kappa shape index (κ3) is 5.74. The van der Waals surface area contributed by atoms with Crippen molar-refractivity contribution in [1.29, 1.82) is 0 Å². The van der Waals surface area contributed by atoms with Crippen molar-refractivity contribution in [3.8, 4) is 0 Å². The van der Waals surface area contributed by atoms with Gasteiger partial charge in [-0.3, -0.25) is 4.79 Å². The number of rotatable bonds is 9. The molecule has 0 aliphatic carbocycles. The highest BCUT2D eigenvalue weighted by Crippen LogP contribution is 1.90. The molecule has 1 aromatic rings. The lowest BCUT2D eigenvalue weighted by atomic mass is 10.4. The molecule has 0 saturated carbocycles. The van der Waals surface area contributed by atoms with E-state index >= 15 is 0 Å². The van der Waals surface area contributed by atoms with Gasteiger partial charge in [-0.2, -0.15) is 0 Å². The average Bonchev–Trinajstić information content (AvgIpc) is 2.81. The molecule has 0 unspecified atom stereocenters. The molecule has 1 aromatic heterocycles. The van der Waals surface area contributed by atoms with E-state index in [9.17, 15) is 4.79 Å². The molecule has 0 aliphatic rings. The van der Waals surface area contributed by atoms with Gasteiger partial charge in [0.05, 0.1) is 18.5 Å². The van der Waals surface area contributed by atoms with E-state index in [0.717, 1.165) is 19.4 Å². The van der Waals surface area contributed by atoms with Crippen LogP contribution in [0.4, 0.5) is 0 Å². The maximum absolute atomic E-state index is 11.5. The third-order valence-electron chi connectivity index (χ3n) is 2.31. The Morgan fingerprint density at radius 1 is 1.56 bits per heavy atom. The molecule has 102 valence electrons. The van der Waals surface area contributed by atoms with Gasteiger partial charge in [0.25, 0.3) is 0 Å². The monoisotopic (exact) mass is 255 g/mol. The van der Waals surface area contributed by atoms with Gasteiger partial charge >= 0.3 is 0 Å². The molecule has 1 amide bonds. The van der Waals surface area contributed by atoms with Crippen molar-refractivity contribution in [2.45, 2.75) is 32.9 Å². The lowest BCUT2D eigenvalue weighted by Gasteiger charge is -2.05. The summed E-state index contributed by atoms with van der Waals surface area (Å²) < 4.78 is 6.80. The van der Waals surface area contributed by atoms with E-state index < -0.39 is 0 Å². The Bertz CT molecular complexity index is 353. The molecule has 0 saturated heterocycles. The molecule has 3 N–H and O–H groups in total. The summed E-state index contributed by atoms with van der Waals surface area (Å²) in [7, 11) is 0. The van der Waals surface area contributed by atoms with Gasteiger partial charge in [-0.05, 0) is 6.42 Å². The maximum atomic E-state index is 11.5. The predicted molar refractivity (Wildman–Crippen MR) is 66.7 cm³/mol. The Morgan fingerprint density at radius 3 is 3.06 bits per heavy atom. The zero-order chi connectivity index (χ0) is 13.2. The average molecular weight is 255 g/mol. The Kier molecular flexibility index (Phi) is 6.97. The number of ether oxygens (including phenoxy) is 1. The van der Waals surface area contributed by atoms with Gasteiger partial charge in [-0.1, -0.05) is 18.6 Å². The van der Waals surface area contributed by atoms with Gasteiger partial charge in [0.1, 0.15) is 6.54 Å². The van der Waals surface area contributed by atoms with E-state index in [1.807, 2.05) is 0 Å². The minimum Gasteiger partial charge on any atom is -0.380 e. The lowest BCUT2D eigenvalue weighted by molar-refractivity contribution is -0.122. The first-order chi connectivity index (χ1) is 8.76. The van der Waals surface area contributed by atoms with E-state index in [0.29, 0.717) is 25.4 Å². The highest BCUT2D eigenvalue weighted by molar-refractivity contribution is 5.75. The zero-order valence-electron chi connectivity index (χ0n) is 10.8. The van der Waals surface area contributed by atoms with Crippen LogP contribution in [0.5, 0.6) is 0 Å². The summed E-state index contributed by atoms with van der Waals surface area (Å²) >= 11 is 0. The number of hydrogen-bond acceptors (Lipinski definition) is 5. The number of unbranched alkanes of at least 4 members (excludes halogenated alkanes) is 1. The van der Waals surface area contributed by atoms with Crippen molar-refractivity contribution in [3.05, 3.63) is 11.9 Å². The number of hydrogen-bond donors (Lipinski definition) is 2. The Morgan fingerprint density at radius 2 is 2.39 bits per heavy atom. The molecular weight excluding hydrogens is 234 g/mol. The van der Waals surface area contributed by atoms with Gasteiger partial charge in [0.15, 0.2) is 0 Å². The van der Waals surface area contributed by atoms with Crippen LogP contribution in [0.2, 0.25) is 0 Å². The van der Waals surface area contributed by atoms with Crippen LogP contribution in [0.15, 0.2) is 6.20 Å². The second-order valence-corrected chi connectivity index (χ2v) is 3.93. The Hall–Kier alpha value is -1.47. The number of amides is 1. The first kappa shape index (κ1) is 14.6. The third-order valence-corrected chi connectivity index (χ3v) is 2.31. The highest BCUT2D eigenvalue weighted by Gasteiger charge is 2.04. The SMILES string of the molecule is CCCCOCCNC(=O)Cn1cc(CN)nn1. The minimum absolute atomic E-state index is 0.109. The van der Waals surface area contributed by atoms with Crippen molar-refractivity contribution in [2.24, 2.45) is 5.73 Å². The topological polar surface area (TPSA) is 95.1 Å². The second kappa shape index (κ2) is 8.60. The van der Waals surface area contributed by atoms with E-state index in [-0.39, 0.29) is 12.5 Å². The number of carbonyl (C=O) groups excluding carboxylic acids is 1. The van der Waals surface area contributed by atoms with Crippen LogP contribution in [-0.2, 0) is 22.6 Å². The van der Waals surface area contributed by atoms with Gasteiger partial charge in [0.2, 0.25) is 5.91 Å². The molecule has 18 heavy (non-hydrogen) atoms. The maximum Gasteiger partial charge on any atom is 0.241 e.